The summed E-state index contributed by atoms with van der Waals surface area (Å²) in [6, 6.07) is 12.1. The molecule has 0 radical (unpaired) electrons. The highest BCUT2D eigenvalue weighted by Gasteiger charge is 2.15. The second-order valence-electron chi connectivity index (χ2n) is 4.77. The van der Waals surface area contributed by atoms with Crippen LogP contribution in [0, 0.1) is 5.82 Å². The summed E-state index contributed by atoms with van der Waals surface area (Å²) in [4.78, 5) is 12.1. The van der Waals surface area contributed by atoms with Gasteiger partial charge in [0.2, 0.25) is 0 Å². The lowest BCUT2D eigenvalue weighted by Crippen LogP contribution is -2.27. The molecule has 21 heavy (non-hydrogen) atoms. The molecule has 0 aromatic heterocycles. The number of amides is 1. The minimum atomic E-state index is -0.665. The van der Waals surface area contributed by atoms with Crippen molar-refractivity contribution in [2.45, 2.75) is 12.8 Å². The third kappa shape index (κ3) is 3.96. The number of hydrogen-bond donors (Lipinski definition) is 1. The molecule has 1 amide bonds. The van der Waals surface area contributed by atoms with E-state index in [4.69, 9.17) is 23.2 Å². The highest BCUT2D eigenvalue weighted by atomic mass is 35.5. The fourth-order valence-corrected chi connectivity index (χ4v) is 2.41. The van der Waals surface area contributed by atoms with Gasteiger partial charge in [-0.25, -0.2) is 4.39 Å². The smallest absolute Gasteiger partial charge is 0.252 e. The Labute approximate surface area is 132 Å². The van der Waals surface area contributed by atoms with Crippen LogP contribution < -0.4 is 5.32 Å². The van der Waals surface area contributed by atoms with Crippen molar-refractivity contribution in [2.24, 2.45) is 0 Å². The van der Waals surface area contributed by atoms with Gasteiger partial charge < -0.3 is 5.32 Å². The first-order chi connectivity index (χ1) is 9.99. The van der Waals surface area contributed by atoms with Crippen LogP contribution in [0.2, 0.25) is 10.0 Å². The third-order valence-corrected chi connectivity index (χ3v) is 3.79. The molecule has 110 valence electrons. The van der Waals surface area contributed by atoms with E-state index in [1.807, 2.05) is 37.3 Å². The molecule has 0 saturated heterocycles. The fourth-order valence-electron chi connectivity index (χ4n) is 1.94. The highest BCUT2D eigenvalue weighted by Crippen LogP contribution is 2.24. The van der Waals surface area contributed by atoms with E-state index < -0.39 is 11.7 Å². The summed E-state index contributed by atoms with van der Waals surface area (Å²) >= 11 is 11.5. The van der Waals surface area contributed by atoms with Crippen molar-refractivity contribution >= 4 is 29.1 Å². The lowest BCUT2D eigenvalue weighted by Gasteiger charge is -2.13. The molecule has 0 aliphatic rings. The Bertz CT molecular complexity index is 646. The second kappa shape index (κ2) is 6.92. The Morgan fingerprint density at radius 2 is 1.86 bits per heavy atom. The molecule has 2 aromatic rings. The van der Waals surface area contributed by atoms with E-state index >= 15 is 0 Å². The number of rotatable bonds is 4. The molecule has 2 rings (SSSR count). The van der Waals surface area contributed by atoms with Gasteiger partial charge in [-0.15, -0.1) is 0 Å². The molecule has 0 saturated carbocycles. The first-order valence-electron chi connectivity index (χ1n) is 6.46. The van der Waals surface area contributed by atoms with Crippen molar-refractivity contribution in [3.8, 4) is 0 Å². The van der Waals surface area contributed by atoms with Gasteiger partial charge in [0.15, 0.2) is 0 Å². The number of halogens is 3. The predicted molar refractivity (Wildman–Crippen MR) is 83.6 cm³/mol. The Hall–Kier alpha value is -1.58. The van der Waals surface area contributed by atoms with Gasteiger partial charge in [-0.1, -0.05) is 60.5 Å². The normalized spacial score (nSPS) is 12.0. The first-order valence-corrected chi connectivity index (χ1v) is 7.22. The largest absolute Gasteiger partial charge is 0.351 e. The maximum absolute atomic E-state index is 13.4. The quantitative estimate of drug-likeness (QED) is 0.813. The van der Waals surface area contributed by atoms with Crippen LogP contribution in [0.15, 0.2) is 42.5 Å². The van der Waals surface area contributed by atoms with E-state index in [1.54, 1.807) is 0 Å². The van der Waals surface area contributed by atoms with Crippen molar-refractivity contribution in [3.63, 3.8) is 0 Å². The predicted octanol–water partition coefficient (Wildman–Crippen LogP) is 4.67. The lowest BCUT2D eigenvalue weighted by molar-refractivity contribution is 0.0951. The summed E-state index contributed by atoms with van der Waals surface area (Å²) in [5.74, 6) is -0.938. The molecule has 0 aliphatic heterocycles. The minimum Gasteiger partial charge on any atom is -0.351 e. The van der Waals surface area contributed by atoms with Gasteiger partial charge in [0, 0.05) is 6.54 Å². The van der Waals surface area contributed by atoms with Crippen LogP contribution in [0.25, 0.3) is 0 Å². The lowest BCUT2D eigenvalue weighted by atomic mass is 10.0. The molecule has 0 fully saturated rings. The summed E-state index contributed by atoms with van der Waals surface area (Å²) in [7, 11) is 0. The molecular formula is C16H14Cl2FNO. The Balaban J connectivity index is 2.04. The zero-order valence-corrected chi connectivity index (χ0v) is 12.9. The summed E-state index contributed by atoms with van der Waals surface area (Å²) < 4.78 is 13.4. The van der Waals surface area contributed by atoms with Crippen molar-refractivity contribution in [3.05, 3.63) is 69.5 Å². The SMILES string of the molecule is C[C@H](CNC(=O)c1cc(F)c(Cl)cc1Cl)c1ccccc1. The van der Waals surface area contributed by atoms with Gasteiger partial charge >= 0.3 is 0 Å². The highest BCUT2D eigenvalue weighted by molar-refractivity contribution is 6.36. The Morgan fingerprint density at radius 3 is 2.52 bits per heavy atom. The minimum absolute atomic E-state index is 0.0822. The van der Waals surface area contributed by atoms with E-state index in [0.29, 0.717) is 6.54 Å². The number of hydrogen-bond acceptors (Lipinski definition) is 1. The number of carbonyl (C=O) groups excluding carboxylic acids is 1. The molecule has 0 aliphatic carbocycles. The summed E-state index contributed by atoms with van der Waals surface area (Å²) in [5.41, 5.74) is 1.20. The van der Waals surface area contributed by atoms with Crippen molar-refractivity contribution in [1.82, 2.24) is 5.32 Å². The molecule has 0 heterocycles. The van der Waals surface area contributed by atoms with Crippen LogP contribution in [-0.2, 0) is 0 Å². The van der Waals surface area contributed by atoms with E-state index in [-0.39, 0.29) is 21.5 Å². The molecule has 2 aromatic carbocycles. The van der Waals surface area contributed by atoms with Crippen LogP contribution in [0.3, 0.4) is 0 Å². The maximum atomic E-state index is 13.4. The van der Waals surface area contributed by atoms with Crippen molar-refractivity contribution < 1.29 is 9.18 Å². The van der Waals surface area contributed by atoms with Gasteiger partial charge in [0.1, 0.15) is 5.82 Å². The standard InChI is InChI=1S/C16H14Cl2FNO/c1-10(11-5-3-2-4-6-11)9-20-16(21)12-7-15(19)14(18)8-13(12)17/h2-8,10H,9H2,1H3,(H,20,21)/t10-/m1/s1. The molecule has 5 heteroatoms. The molecule has 1 N–H and O–H groups in total. The van der Waals surface area contributed by atoms with Crippen LogP contribution >= 0.6 is 23.2 Å². The van der Waals surface area contributed by atoms with E-state index in [0.717, 1.165) is 11.6 Å². The molecule has 1 atom stereocenters. The van der Waals surface area contributed by atoms with Crippen molar-refractivity contribution in [2.75, 3.05) is 6.54 Å². The van der Waals surface area contributed by atoms with Gasteiger partial charge in [-0.05, 0) is 23.6 Å². The Morgan fingerprint density at radius 1 is 1.19 bits per heavy atom. The van der Waals surface area contributed by atoms with Crippen LogP contribution in [-0.4, -0.2) is 12.5 Å². The number of nitrogens with one attached hydrogen (secondary N) is 1. The van der Waals surface area contributed by atoms with Gasteiger partial charge in [-0.2, -0.15) is 0 Å². The van der Waals surface area contributed by atoms with Crippen LogP contribution in [0.4, 0.5) is 4.39 Å². The molecule has 0 bridgehead atoms. The maximum Gasteiger partial charge on any atom is 0.252 e. The van der Waals surface area contributed by atoms with Gasteiger partial charge in [0.05, 0.1) is 15.6 Å². The average molecular weight is 326 g/mol. The van der Waals surface area contributed by atoms with E-state index in [2.05, 4.69) is 5.32 Å². The average Bonchev–Trinajstić information content (AvgIpc) is 2.49. The number of carbonyl (C=O) groups is 1. The summed E-state index contributed by atoms with van der Waals surface area (Å²) in [6.45, 7) is 2.43. The molecule has 0 unspecified atom stereocenters. The van der Waals surface area contributed by atoms with Gasteiger partial charge in [-0.3, -0.25) is 4.79 Å². The monoisotopic (exact) mass is 325 g/mol. The van der Waals surface area contributed by atoms with Crippen LogP contribution in [0.1, 0.15) is 28.8 Å². The summed E-state index contributed by atoms with van der Waals surface area (Å²) in [5, 5.41) is 2.78. The summed E-state index contributed by atoms with van der Waals surface area (Å²) in [6.07, 6.45) is 0. The zero-order chi connectivity index (χ0) is 15.4. The zero-order valence-electron chi connectivity index (χ0n) is 11.4. The topological polar surface area (TPSA) is 29.1 Å². The first kappa shape index (κ1) is 15.8. The van der Waals surface area contributed by atoms with E-state index in [9.17, 15) is 9.18 Å². The van der Waals surface area contributed by atoms with Gasteiger partial charge in [0.25, 0.3) is 5.91 Å². The second-order valence-corrected chi connectivity index (χ2v) is 5.58. The third-order valence-electron chi connectivity index (χ3n) is 3.19. The number of benzene rings is 2. The van der Waals surface area contributed by atoms with E-state index in [1.165, 1.54) is 6.07 Å². The van der Waals surface area contributed by atoms with Crippen LogP contribution in [0.5, 0.6) is 0 Å². The fraction of sp³-hybridized carbons (Fsp3) is 0.188. The molecular weight excluding hydrogens is 312 g/mol. The molecule has 0 spiro atoms. The molecule has 2 nitrogen and oxygen atoms in total. The Kier molecular flexibility index (Phi) is 5.21. The van der Waals surface area contributed by atoms with Crippen molar-refractivity contribution in [1.29, 1.82) is 0 Å².